The largest absolute Gasteiger partial charge is 0.446 e. The molecule has 4 aliphatic carbocycles. The molecule has 1 aromatic rings. The molecule has 0 radical (unpaired) electrons. The SMILES string of the molecule is CC(C)CCC[C@H](C)[C@@H]1CC[C@@H]2[C@H]3CC=C4C[C@@H](OC(=O)Nc5ccc(Cl)cc5)CC[C@]4(C)[C@@H]3CC[C@]21C. The topological polar surface area (TPSA) is 38.3 Å². The van der Waals surface area contributed by atoms with Crippen LogP contribution in [0.2, 0.25) is 5.02 Å². The molecule has 1 amide bonds. The van der Waals surface area contributed by atoms with Gasteiger partial charge in [-0.25, -0.2) is 4.79 Å². The van der Waals surface area contributed by atoms with Crippen LogP contribution in [0.5, 0.6) is 0 Å². The van der Waals surface area contributed by atoms with E-state index in [1.807, 2.05) is 12.1 Å². The van der Waals surface area contributed by atoms with Gasteiger partial charge in [0, 0.05) is 17.1 Å². The number of rotatable bonds is 7. The zero-order valence-corrected chi connectivity index (χ0v) is 25.2. The van der Waals surface area contributed by atoms with Crippen LogP contribution in [0.25, 0.3) is 0 Å². The molecule has 210 valence electrons. The lowest BCUT2D eigenvalue weighted by Gasteiger charge is -2.58. The molecule has 4 heteroatoms. The maximum absolute atomic E-state index is 12.6. The highest BCUT2D eigenvalue weighted by molar-refractivity contribution is 6.30. The third-order valence-corrected chi connectivity index (χ3v) is 11.9. The van der Waals surface area contributed by atoms with Crippen LogP contribution in [0.4, 0.5) is 10.5 Å². The number of carbonyl (C=O) groups is 1. The number of fused-ring (bicyclic) bond motifs is 5. The van der Waals surface area contributed by atoms with E-state index in [9.17, 15) is 4.79 Å². The Labute approximate surface area is 236 Å². The standard InChI is InChI=1S/C34H50ClNO2/c1-22(2)7-6-8-23(3)29-15-16-30-28-14-9-24-21-27(38-32(37)36-26-12-10-25(35)11-13-26)17-19-33(24,4)31(28)18-20-34(29,30)5/h9-13,22-23,27-31H,6-8,14-21H2,1-5H3,(H,36,37)/t23-,27-,28+,29-,30+,31+,33-,34-/m0/s1. The van der Waals surface area contributed by atoms with Crippen LogP contribution in [-0.4, -0.2) is 12.2 Å². The number of hydrogen-bond donors (Lipinski definition) is 1. The molecule has 0 unspecified atom stereocenters. The average molecular weight is 540 g/mol. The van der Waals surface area contributed by atoms with Gasteiger partial charge in [0.1, 0.15) is 6.10 Å². The first-order valence-electron chi connectivity index (χ1n) is 15.5. The van der Waals surface area contributed by atoms with Gasteiger partial charge in [-0.15, -0.1) is 0 Å². The summed E-state index contributed by atoms with van der Waals surface area (Å²) in [6.07, 6.45) is 16.3. The first kappa shape index (κ1) is 28.1. The number of ether oxygens (including phenoxy) is 1. The molecular weight excluding hydrogens is 490 g/mol. The Morgan fingerprint density at radius 3 is 2.53 bits per heavy atom. The van der Waals surface area contributed by atoms with Gasteiger partial charge >= 0.3 is 6.09 Å². The van der Waals surface area contributed by atoms with Gasteiger partial charge in [0.05, 0.1) is 0 Å². The normalized spacial score (nSPS) is 37.0. The van der Waals surface area contributed by atoms with Crippen molar-refractivity contribution in [1.82, 2.24) is 0 Å². The zero-order valence-electron chi connectivity index (χ0n) is 24.4. The second-order valence-corrected chi connectivity index (χ2v) is 14.6. The minimum absolute atomic E-state index is 0.0328. The van der Waals surface area contributed by atoms with Gasteiger partial charge in [-0.1, -0.05) is 77.1 Å². The van der Waals surface area contributed by atoms with E-state index in [4.69, 9.17) is 16.3 Å². The Hall–Kier alpha value is -1.48. The Morgan fingerprint density at radius 1 is 1.03 bits per heavy atom. The summed E-state index contributed by atoms with van der Waals surface area (Å²) in [6.45, 7) is 12.5. The molecule has 8 atom stereocenters. The number of carbonyl (C=O) groups excluding carboxylic acids is 1. The lowest BCUT2D eigenvalue weighted by atomic mass is 9.47. The number of halogens is 1. The second kappa shape index (κ2) is 11.2. The fourth-order valence-corrected chi connectivity index (χ4v) is 9.71. The summed E-state index contributed by atoms with van der Waals surface area (Å²) in [5.41, 5.74) is 3.08. The molecule has 0 aliphatic heterocycles. The molecule has 0 bridgehead atoms. The van der Waals surface area contributed by atoms with Gasteiger partial charge < -0.3 is 4.74 Å². The third kappa shape index (κ3) is 5.43. The highest BCUT2D eigenvalue weighted by Gasteiger charge is 2.59. The molecule has 38 heavy (non-hydrogen) atoms. The van der Waals surface area contributed by atoms with Crippen LogP contribution in [0.1, 0.15) is 105 Å². The molecule has 1 aromatic carbocycles. The van der Waals surface area contributed by atoms with E-state index < -0.39 is 0 Å². The molecule has 1 N–H and O–H groups in total. The van der Waals surface area contributed by atoms with Crippen molar-refractivity contribution >= 4 is 23.4 Å². The molecule has 0 spiro atoms. The molecule has 3 nitrogen and oxygen atoms in total. The van der Waals surface area contributed by atoms with Crippen molar-refractivity contribution in [1.29, 1.82) is 0 Å². The quantitative estimate of drug-likeness (QED) is 0.350. The van der Waals surface area contributed by atoms with Crippen LogP contribution in [0.15, 0.2) is 35.9 Å². The Balaban J connectivity index is 1.21. The molecule has 3 fully saturated rings. The number of nitrogens with one attached hydrogen (secondary N) is 1. The van der Waals surface area contributed by atoms with Crippen LogP contribution in [0.3, 0.4) is 0 Å². The molecule has 0 heterocycles. The first-order chi connectivity index (χ1) is 18.1. The summed E-state index contributed by atoms with van der Waals surface area (Å²) in [7, 11) is 0. The van der Waals surface area contributed by atoms with Gasteiger partial charge in [0.15, 0.2) is 0 Å². The minimum atomic E-state index is -0.358. The van der Waals surface area contributed by atoms with Crippen molar-refractivity contribution in [2.75, 3.05) is 5.32 Å². The van der Waals surface area contributed by atoms with Crippen molar-refractivity contribution in [2.24, 2.45) is 46.3 Å². The summed E-state index contributed by atoms with van der Waals surface area (Å²) in [5, 5.41) is 3.52. The van der Waals surface area contributed by atoms with Crippen molar-refractivity contribution in [3.05, 3.63) is 40.9 Å². The molecule has 4 aliphatic rings. The van der Waals surface area contributed by atoms with Crippen molar-refractivity contribution in [3.8, 4) is 0 Å². The molecule has 0 aromatic heterocycles. The summed E-state index contributed by atoms with van der Waals surface area (Å²) in [5.74, 6) is 5.10. The molecular formula is C34H50ClNO2. The second-order valence-electron chi connectivity index (χ2n) is 14.2. The molecule has 0 saturated heterocycles. The maximum atomic E-state index is 12.6. The number of benzene rings is 1. The van der Waals surface area contributed by atoms with Gasteiger partial charge in [-0.3, -0.25) is 5.32 Å². The van der Waals surface area contributed by atoms with Crippen LogP contribution in [-0.2, 0) is 4.74 Å². The van der Waals surface area contributed by atoms with Crippen molar-refractivity contribution in [3.63, 3.8) is 0 Å². The fraction of sp³-hybridized carbons (Fsp3) is 0.735. The third-order valence-electron chi connectivity index (χ3n) is 11.6. The first-order valence-corrected chi connectivity index (χ1v) is 15.9. The Kier molecular flexibility index (Phi) is 8.26. The zero-order chi connectivity index (χ0) is 27.1. The van der Waals surface area contributed by atoms with Gasteiger partial charge in [0.2, 0.25) is 0 Å². The lowest BCUT2D eigenvalue weighted by Crippen LogP contribution is -2.51. The molecule has 5 rings (SSSR count). The number of anilines is 1. The minimum Gasteiger partial charge on any atom is -0.446 e. The summed E-state index contributed by atoms with van der Waals surface area (Å²) < 4.78 is 5.90. The fourth-order valence-electron chi connectivity index (χ4n) is 9.58. The lowest BCUT2D eigenvalue weighted by molar-refractivity contribution is -0.0577. The number of allylic oxidation sites excluding steroid dienone is 1. The van der Waals surface area contributed by atoms with Crippen LogP contribution >= 0.6 is 11.6 Å². The maximum Gasteiger partial charge on any atom is 0.411 e. The predicted molar refractivity (Wildman–Crippen MR) is 158 cm³/mol. The molecule has 3 saturated carbocycles. The van der Waals surface area contributed by atoms with Gasteiger partial charge in [0.25, 0.3) is 0 Å². The summed E-state index contributed by atoms with van der Waals surface area (Å²) in [4.78, 5) is 12.6. The van der Waals surface area contributed by atoms with Gasteiger partial charge in [-0.2, -0.15) is 0 Å². The van der Waals surface area contributed by atoms with Crippen molar-refractivity contribution in [2.45, 2.75) is 111 Å². The summed E-state index contributed by atoms with van der Waals surface area (Å²) in [6, 6.07) is 7.17. The highest BCUT2D eigenvalue weighted by atomic mass is 35.5. The van der Waals surface area contributed by atoms with Gasteiger partial charge in [-0.05, 0) is 116 Å². The van der Waals surface area contributed by atoms with E-state index in [1.165, 1.54) is 51.4 Å². The summed E-state index contributed by atoms with van der Waals surface area (Å²) >= 11 is 5.97. The highest BCUT2D eigenvalue weighted by Crippen LogP contribution is 2.67. The smallest absolute Gasteiger partial charge is 0.411 e. The Morgan fingerprint density at radius 2 is 1.79 bits per heavy atom. The van der Waals surface area contributed by atoms with Crippen LogP contribution in [0, 0.1) is 46.3 Å². The van der Waals surface area contributed by atoms with E-state index >= 15 is 0 Å². The number of amides is 1. The van der Waals surface area contributed by atoms with E-state index in [-0.39, 0.29) is 17.6 Å². The van der Waals surface area contributed by atoms with Crippen LogP contribution < -0.4 is 5.32 Å². The van der Waals surface area contributed by atoms with E-state index in [2.05, 4.69) is 46.0 Å². The average Bonchev–Trinajstić information content (AvgIpc) is 3.23. The number of hydrogen-bond acceptors (Lipinski definition) is 2. The van der Waals surface area contributed by atoms with E-state index in [1.54, 1.807) is 17.7 Å². The predicted octanol–water partition coefficient (Wildman–Crippen LogP) is 10.3. The Bertz CT molecular complexity index is 1020. The van der Waals surface area contributed by atoms with E-state index in [0.29, 0.717) is 16.1 Å². The monoisotopic (exact) mass is 539 g/mol. The van der Waals surface area contributed by atoms with E-state index in [0.717, 1.165) is 54.8 Å². The van der Waals surface area contributed by atoms with Crippen molar-refractivity contribution < 1.29 is 9.53 Å².